The molecule has 3 heterocycles. The van der Waals surface area contributed by atoms with Gasteiger partial charge in [-0.3, -0.25) is 0 Å². The van der Waals surface area contributed by atoms with Crippen LogP contribution in [0.2, 0.25) is 0 Å². The average Bonchev–Trinajstić information content (AvgIpc) is 3.47. The highest BCUT2D eigenvalue weighted by Crippen LogP contribution is 2.69. The number of benzene rings is 1. The van der Waals surface area contributed by atoms with E-state index in [1.54, 1.807) is 17.1 Å². The molecule has 8 heteroatoms. The fraction of sp³-hybridized carbons (Fsp3) is 0.269. The quantitative estimate of drug-likeness (QED) is 0.420. The largest absolute Gasteiger partial charge is 0.233 e. The standard InChI is InChI=1S/C26H22F2N6/c1-4-21-29-14-34(33-21)22-10-6-9-20(30-22)26-12-11-16(25(26,2)3)15-13-19(31-32-24(15)26)23-17(27)7-5-8-18(23)28/h4-10,13-14,16H,1,11-12H2,2-3H3/t16-,26+/m0/s1. The molecule has 3 aromatic heterocycles. The van der Waals surface area contributed by atoms with Crippen LogP contribution in [0.5, 0.6) is 0 Å². The van der Waals surface area contributed by atoms with Crippen LogP contribution in [0.4, 0.5) is 8.78 Å². The third-order valence-electron chi connectivity index (χ3n) is 7.70. The summed E-state index contributed by atoms with van der Waals surface area (Å²) in [5.41, 5.74) is 2.10. The van der Waals surface area contributed by atoms with E-state index in [0.717, 1.165) is 29.8 Å². The molecule has 2 atom stereocenters. The van der Waals surface area contributed by atoms with Crippen molar-refractivity contribution in [1.29, 1.82) is 0 Å². The van der Waals surface area contributed by atoms with Gasteiger partial charge in [0, 0.05) is 0 Å². The van der Waals surface area contributed by atoms with Crippen LogP contribution in [0, 0.1) is 17.0 Å². The molecule has 0 aliphatic heterocycles. The van der Waals surface area contributed by atoms with Crippen LogP contribution in [0.3, 0.4) is 0 Å². The lowest BCUT2D eigenvalue weighted by Gasteiger charge is -2.37. The molecule has 2 aliphatic carbocycles. The Morgan fingerprint density at radius 3 is 2.59 bits per heavy atom. The van der Waals surface area contributed by atoms with Crippen LogP contribution in [-0.2, 0) is 5.41 Å². The van der Waals surface area contributed by atoms with Gasteiger partial charge in [0.15, 0.2) is 11.6 Å². The van der Waals surface area contributed by atoms with Crippen LogP contribution < -0.4 is 0 Å². The monoisotopic (exact) mass is 456 g/mol. The number of halogens is 2. The topological polar surface area (TPSA) is 69.4 Å². The number of pyridine rings is 1. The first-order valence-electron chi connectivity index (χ1n) is 11.2. The zero-order chi connectivity index (χ0) is 23.7. The Kier molecular flexibility index (Phi) is 4.33. The Labute approximate surface area is 195 Å². The Hall–Kier alpha value is -3.81. The summed E-state index contributed by atoms with van der Waals surface area (Å²) in [6.45, 7) is 8.15. The van der Waals surface area contributed by atoms with Crippen molar-refractivity contribution in [3.05, 3.63) is 89.8 Å². The molecule has 2 aliphatic rings. The third-order valence-corrected chi connectivity index (χ3v) is 7.70. The second-order valence-corrected chi connectivity index (χ2v) is 9.48. The Balaban J connectivity index is 1.51. The minimum Gasteiger partial charge on any atom is -0.233 e. The predicted octanol–water partition coefficient (Wildman–Crippen LogP) is 5.24. The lowest BCUT2D eigenvalue weighted by atomic mass is 9.66. The molecule has 1 aromatic carbocycles. The molecule has 6 rings (SSSR count). The van der Waals surface area contributed by atoms with Crippen molar-refractivity contribution < 1.29 is 8.78 Å². The second kappa shape index (κ2) is 7.09. The molecule has 6 nitrogen and oxygen atoms in total. The molecule has 1 saturated carbocycles. The molecule has 0 saturated heterocycles. The van der Waals surface area contributed by atoms with E-state index in [4.69, 9.17) is 4.98 Å². The maximum Gasteiger partial charge on any atom is 0.173 e. The lowest BCUT2D eigenvalue weighted by Crippen LogP contribution is -2.38. The van der Waals surface area contributed by atoms with Crippen molar-refractivity contribution in [3.8, 4) is 17.1 Å². The van der Waals surface area contributed by atoms with Crippen LogP contribution >= 0.6 is 0 Å². The van der Waals surface area contributed by atoms with Gasteiger partial charge in [-0.1, -0.05) is 32.6 Å². The van der Waals surface area contributed by atoms with Crippen LogP contribution in [-0.4, -0.2) is 29.9 Å². The molecule has 1 fully saturated rings. The molecular weight excluding hydrogens is 434 g/mol. The SMILES string of the molecule is C=Cc1ncn(-c2cccc([C@]34CC[C@@H](c5cc(-c6c(F)cccc6F)nnc53)C4(C)C)n2)n1. The molecule has 0 unspecified atom stereocenters. The van der Waals surface area contributed by atoms with Gasteiger partial charge in [-0.25, -0.2) is 23.4 Å². The van der Waals surface area contributed by atoms with Gasteiger partial charge in [-0.15, -0.1) is 10.2 Å². The van der Waals surface area contributed by atoms with Crippen molar-refractivity contribution in [2.24, 2.45) is 5.41 Å². The molecule has 34 heavy (non-hydrogen) atoms. The number of rotatable bonds is 4. The predicted molar refractivity (Wildman–Crippen MR) is 123 cm³/mol. The summed E-state index contributed by atoms with van der Waals surface area (Å²) in [6.07, 6.45) is 5.00. The summed E-state index contributed by atoms with van der Waals surface area (Å²) in [7, 11) is 0. The molecule has 170 valence electrons. The van der Waals surface area contributed by atoms with E-state index in [1.165, 1.54) is 18.2 Å². The second-order valence-electron chi connectivity index (χ2n) is 9.48. The molecule has 0 spiro atoms. The van der Waals surface area contributed by atoms with Crippen molar-refractivity contribution >= 4 is 6.08 Å². The number of fused-ring (bicyclic) bond motifs is 5. The van der Waals surface area contributed by atoms with Crippen LogP contribution in [0.15, 0.2) is 55.4 Å². The summed E-state index contributed by atoms with van der Waals surface area (Å²) >= 11 is 0. The molecule has 2 bridgehead atoms. The van der Waals surface area contributed by atoms with Crippen molar-refractivity contribution in [2.75, 3.05) is 0 Å². The fourth-order valence-corrected chi connectivity index (χ4v) is 6.03. The summed E-state index contributed by atoms with van der Waals surface area (Å²) in [6, 6.07) is 11.5. The highest BCUT2D eigenvalue weighted by atomic mass is 19.1. The maximum absolute atomic E-state index is 14.5. The summed E-state index contributed by atoms with van der Waals surface area (Å²) in [4.78, 5) is 9.20. The van der Waals surface area contributed by atoms with E-state index in [2.05, 4.69) is 40.7 Å². The van der Waals surface area contributed by atoms with E-state index >= 15 is 0 Å². The Morgan fingerprint density at radius 1 is 1.09 bits per heavy atom. The van der Waals surface area contributed by atoms with E-state index in [-0.39, 0.29) is 22.6 Å². The lowest BCUT2D eigenvalue weighted by molar-refractivity contribution is 0.242. The number of aromatic nitrogens is 6. The van der Waals surface area contributed by atoms with Gasteiger partial charge in [-0.05, 0) is 66.1 Å². The van der Waals surface area contributed by atoms with Gasteiger partial charge in [0.05, 0.1) is 28.1 Å². The first-order valence-corrected chi connectivity index (χ1v) is 11.2. The van der Waals surface area contributed by atoms with E-state index in [1.807, 2.05) is 24.3 Å². The zero-order valence-corrected chi connectivity index (χ0v) is 18.8. The fourth-order valence-electron chi connectivity index (χ4n) is 6.03. The van der Waals surface area contributed by atoms with Gasteiger partial charge in [0.2, 0.25) is 0 Å². The third kappa shape index (κ3) is 2.62. The zero-order valence-electron chi connectivity index (χ0n) is 18.8. The molecule has 4 aromatic rings. The highest BCUT2D eigenvalue weighted by molar-refractivity contribution is 5.64. The van der Waals surface area contributed by atoms with Crippen molar-refractivity contribution in [2.45, 2.75) is 38.0 Å². The highest BCUT2D eigenvalue weighted by Gasteiger charge is 2.65. The van der Waals surface area contributed by atoms with Crippen LogP contribution in [0.25, 0.3) is 23.2 Å². The Bertz CT molecular complexity index is 1440. The molecular formula is C26H22F2N6. The molecule has 0 amide bonds. The van der Waals surface area contributed by atoms with E-state index in [0.29, 0.717) is 11.6 Å². The van der Waals surface area contributed by atoms with Gasteiger partial charge in [0.1, 0.15) is 18.0 Å². The first kappa shape index (κ1) is 20.8. The van der Waals surface area contributed by atoms with Gasteiger partial charge in [0.25, 0.3) is 0 Å². The van der Waals surface area contributed by atoms with Gasteiger partial charge >= 0.3 is 0 Å². The Morgan fingerprint density at radius 2 is 1.85 bits per heavy atom. The minimum absolute atomic E-state index is 0.142. The number of hydrogen-bond donors (Lipinski definition) is 0. The number of nitrogens with zero attached hydrogens (tertiary/aromatic N) is 6. The van der Waals surface area contributed by atoms with Crippen LogP contribution in [0.1, 0.15) is 55.4 Å². The summed E-state index contributed by atoms with van der Waals surface area (Å²) in [5.74, 6) is 0.0607. The first-order chi connectivity index (χ1) is 16.4. The normalized spacial score (nSPS) is 22.1. The van der Waals surface area contributed by atoms with E-state index < -0.39 is 17.0 Å². The van der Waals surface area contributed by atoms with E-state index in [9.17, 15) is 8.78 Å². The smallest absolute Gasteiger partial charge is 0.173 e. The summed E-state index contributed by atoms with van der Waals surface area (Å²) in [5, 5.41) is 13.3. The minimum atomic E-state index is -0.646. The molecule has 0 N–H and O–H groups in total. The van der Waals surface area contributed by atoms with Gasteiger partial charge in [-0.2, -0.15) is 5.10 Å². The van der Waals surface area contributed by atoms with Crippen molar-refractivity contribution in [1.82, 2.24) is 29.9 Å². The summed E-state index contributed by atoms with van der Waals surface area (Å²) < 4.78 is 30.6. The average molecular weight is 457 g/mol. The maximum atomic E-state index is 14.5. The number of hydrogen-bond acceptors (Lipinski definition) is 5. The van der Waals surface area contributed by atoms with Crippen molar-refractivity contribution in [3.63, 3.8) is 0 Å². The van der Waals surface area contributed by atoms with Gasteiger partial charge < -0.3 is 0 Å². The molecule has 0 radical (unpaired) electrons.